The van der Waals surface area contributed by atoms with Gasteiger partial charge in [0, 0.05) is 30.4 Å². The molecule has 118 valence electrons. The molecule has 0 fully saturated rings. The molecule has 0 aliphatic heterocycles. The lowest BCUT2D eigenvalue weighted by atomic mass is 10.1. The summed E-state index contributed by atoms with van der Waals surface area (Å²) in [6.07, 6.45) is 1.35. The minimum Gasteiger partial charge on any atom is -0.369 e. The molecule has 1 atom stereocenters. The lowest BCUT2D eigenvalue weighted by Gasteiger charge is -2.27. The molecule has 0 aromatic heterocycles. The quantitative estimate of drug-likeness (QED) is 0.773. The zero-order chi connectivity index (χ0) is 15.8. The molecule has 1 unspecified atom stereocenters. The highest BCUT2D eigenvalue weighted by molar-refractivity contribution is 5.90. The number of anilines is 2. The molecule has 1 rings (SSSR count). The Morgan fingerprint density at radius 1 is 1.24 bits per heavy atom. The van der Waals surface area contributed by atoms with Crippen LogP contribution in [-0.4, -0.2) is 25.0 Å². The third-order valence-corrected chi connectivity index (χ3v) is 3.71. The smallest absolute Gasteiger partial charge is 0.224 e. The first-order chi connectivity index (χ1) is 9.97. The number of carbonyl (C=O) groups is 1. The summed E-state index contributed by atoms with van der Waals surface area (Å²) in [6.45, 7) is 10.2. The van der Waals surface area contributed by atoms with Gasteiger partial charge in [-0.3, -0.25) is 4.79 Å². The molecule has 0 radical (unpaired) electrons. The lowest BCUT2D eigenvalue weighted by molar-refractivity contribution is -0.116. The van der Waals surface area contributed by atoms with Crippen LogP contribution in [0.25, 0.3) is 0 Å². The predicted molar refractivity (Wildman–Crippen MR) is 90.7 cm³/mol. The van der Waals surface area contributed by atoms with Crippen LogP contribution in [0.2, 0.25) is 0 Å². The molecule has 0 aliphatic rings. The molecule has 21 heavy (non-hydrogen) atoms. The summed E-state index contributed by atoms with van der Waals surface area (Å²) >= 11 is 0. The number of hydrogen-bond acceptors (Lipinski definition) is 3. The van der Waals surface area contributed by atoms with Crippen LogP contribution in [0.3, 0.4) is 0 Å². The summed E-state index contributed by atoms with van der Waals surface area (Å²) < 4.78 is 0. The summed E-state index contributed by atoms with van der Waals surface area (Å²) in [6, 6.07) is 8.51. The van der Waals surface area contributed by atoms with Gasteiger partial charge in [-0.15, -0.1) is 0 Å². The van der Waals surface area contributed by atoms with Gasteiger partial charge in [-0.1, -0.05) is 6.92 Å². The van der Waals surface area contributed by atoms with Crippen LogP contribution in [0.15, 0.2) is 24.3 Å². The Morgan fingerprint density at radius 2 is 1.86 bits per heavy atom. The topological polar surface area (TPSA) is 58.4 Å². The zero-order valence-corrected chi connectivity index (χ0v) is 13.7. The fourth-order valence-corrected chi connectivity index (χ4v) is 2.30. The van der Waals surface area contributed by atoms with E-state index in [4.69, 9.17) is 5.73 Å². The van der Waals surface area contributed by atoms with E-state index >= 15 is 0 Å². The molecule has 4 nitrogen and oxygen atoms in total. The van der Waals surface area contributed by atoms with Gasteiger partial charge >= 0.3 is 0 Å². The lowest BCUT2D eigenvalue weighted by Crippen LogP contribution is -2.30. The molecule has 3 N–H and O–H groups in total. The fraction of sp³-hybridized carbons (Fsp3) is 0.588. The SMILES string of the molecule is CCN(c1ccc(NC(=O)CCC(C)CN)cc1)C(C)C. The number of nitrogens with two attached hydrogens (primary N) is 1. The predicted octanol–water partition coefficient (Wildman–Crippen LogP) is 3.23. The van der Waals surface area contributed by atoms with Gasteiger partial charge in [0.25, 0.3) is 0 Å². The Balaban J connectivity index is 2.56. The van der Waals surface area contributed by atoms with Gasteiger partial charge in [-0.2, -0.15) is 0 Å². The van der Waals surface area contributed by atoms with Crippen LogP contribution in [0.5, 0.6) is 0 Å². The second-order valence-electron chi connectivity index (χ2n) is 5.85. The molecular weight excluding hydrogens is 262 g/mol. The van der Waals surface area contributed by atoms with E-state index in [-0.39, 0.29) is 5.91 Å². The van der Waals surface area contributed by atoms with E-state index in [1.165, 1.54) is 5.69 Å². The Labute approximate surface area is 128 Å². The van der Waals surface area contributed by atoms with E-state index in [1.54, 1.807) is 0 Å². The monoisotopic (exact) mass is 291 g/mol. The summed E-state index contributed by atoms with van der Waals surface area (Å²) in [5.41, 5.74) is 7.59. The highest BCUT2D eigenvalue weighted by Crippen LogP contribution is 2.20. The van der Waals surface area contributed by atoms with Crippen LogP contribution in [-0.2, 0) is 4.79 Å². The van der Waals surface area contributed by atoms with Gasteiger partial charge < -0.3 is 16.0 Å². The van der Waals surface area contributed by atoms with E-state index in [0.29, 0.717) is 24.9 Å². The first-order valence-electron chi connectivity index (χ1n) is 7.84. The van der Waals surface area contributed by atoms with E-state index in [2.05, 4.69) is 50.0 Å². The van der Waals surface area contributed by atoms with Crippen molar-refractivity contribution in [2.45, 2.75) is 46.6 Å². The number of nitrogens with zero attached hydrogens (tertiary/aromatic N) is 1. The maximum Gasteiger partial charge on any atom is 0.224 e. The van der Waals surface area contributed by atoms with Crippen molar-refractivity contribution in [1.82, 2.24) is 0 Å². The Bertz CT molecular complexity index is 428. The van der Waals surface area contributed by atoms with Gasteiger partial charge in [-0.05, 0) is 63.9 Å². The van der Waals surface area contributed by atoms with E-state index in [9.17, 15) is 4.79 Å². The molecule has 4 heteroatoms. The fourth-order valence-electron chi connectivity index (χ4n) is 2.30. The van der Waals surface area contributed by atoms with Crippen molar-refractivity contribution in [1.29, 1.82) is 0 Å². The summed E-state index contributed by atoms with van der Waals surface area (Å²) in [4.78, 5) is 14.2. The Morgan fingerprint density at radius 3 is 2.33 bits per heavy atom. The maximum absolute atomic E-state index is 11.9. The number of carbonyl (C=O) groups excluding carboxylic acids is 1. The number of benzene rings is 1. The number of amides is 1. The van der Waals surface area contributed by atoms with Gasteiger partial charge in [0.05, 0.1) is 0 Å². The van der Waals surface area contributed by atoms with Gasteiger partial charge in [0.1, 0.15) is 0 Å². The van der Waals surface area contributed by atoms with Crippen LogP contribution in [0, 0.1) is 5.92 Å². The Kier molecular flexibility index (Phi) is 7.23. The molecule has 0 heterocycles. The van der Waals surface area contributed by atoms with E-state index < -0.39 is 0 Å². The first-order valence-corrected chi connectivity index (χ1v) is 7.84. The second kappa shape index (κ2) is 8.67. The number of hydrogen-bond donors (Lipinski definition) is 2. The molecule has 0 saturated heterocycles. The molecule has 1 amide bonds. The minimum absolute atomic E-state index is 0.0549. The van der Waals surface area contributed by atoms with Gasteiger partial charge in [0.2, 0.25) is 5.91 Å². The first kappa shape index (κ1) is 17.5. The van der Waals surface area contributed by atoms with E-state index in [1.807, 2.05) is 12.1 Å². The highest BCUT2D eigenvalue weighted by Gasteiger charge is 2.09. The van der Waals surface area contributed by atoms with Crippen molar-refractivity contribution in [3.8, 4) is 0 Å². The second-order valence-corrected chi connectivity index (χ2v) is 5.85. The van der Waals surface area contributed by atoms with E-state index in [0.717, 1.165) is 18.7 Å². The molecule has 1 aromatic rings. The highest BCUT2D eigenvalue weighted by atomic mass is 16.1. The molecule has 0 spiro atoms. The Hall–Kier alpha value is -1.55. The average molecular weight is 291 g/mol. The van der Waals surface area contributed by atoms with Crippen molar-refractivity contribution in [3.05, 3.63) is 24.3 Å². The van der Waals surface area contributed by atoms with Gasteiger partial charge in [0.15, 0.2) is 0 Å². The maximum atomic E-state index is 11.9. The molecule has 0 aliphatic carbocycles. The van der Waals surface area contributed by atoms with Crippen molar-refractivity contribution in [3.63, 3.8) is 0 Å². The van der Waals surface area contributed by atoms with Crippen molar-refractivity contribution in [2.24, 2.45) is 11.7 Å². The molecule has 0 bridgehead atoms. The van der Waals surface area contributed by atoms with Crippen molar-refractivity contribution < 1.29 is 4.79 Å². The van der Waals surface area contributed by atoms with Crippen LogP contribution >= 0.6 is 0 Å². The third kappa shape index (κ3) is 5.76. The summed E-state index contributed by atoms with van der Waals surface area (Å²) in [5.74, 6) is 0.446. The largest absolute Gasteiger partial charge is 0.369 e. The van der Waals surface area contributed by atoms with Crippen molar-refractivity contribution >= 4 is 17.3 Å². The zero-order valence-electron chi connectivity index (χ0n) is 13.7. The van der Waals surface area contributed by atoms with Crippen LogP contribution in [0.4, 0.5) is 11.4 Å². The molecule has 0 saturated carbocycles. The van der Waals surface area contributed by atoms with Gasteiger partial charge in [-0.25, -0.2) is 0 Å². The number of rotatable bonds is 8. The third-order valence-electron chi connectivity index (χ3n) is 3.71. The van der Waals surface area contributed by atoms with Crippen LogP contribution in [0.1, 0.15) is 40.5 Å². The summed E-state index contributed by atoms with van der Waals surface area (Å²) in [5, 5.41) is 2.94. The average Bonchev–Trinajstić information content (AvgIpc) is 2.47. The number of nitrogens with one attached hydrogen (secondary N) is 1. The molecule has 1 aromatic carbocycles. The molecular formula is C17H29N3O. The van der Waals surface area contributed by atoms with Crippen molar-refractivity contribution in [2.75, 3.05) is 23.3 Å². The normalized spacial score (nSPS) is 12.3. The minimum atomic E-state index is 0.0549. The standard InChI is InChI=1S/C17H29N3O/c1-5-20(13(2)3)16-9-7-15(8-10-16)19-17(21)11-6-14(4)12-18/h7-10,13-14H,5-6,11-12,18H2,1-4H3,(H,19,21). The summed E-state index contributed by atoms with van der Waals surface area (Å²) in [7, 11) is 0. The van der Waals surface area contributed by atoms with Crippen LogP contribution < -0.4 is 16.0 Å².